The summed E-state index contributed by atoms with van der Waals surface area (Å²) in [6.45, 7) is 3.79. The number of aliphatic hydroxyl groups excluding tert-OH is 2. The summed E-state index contributed by atoms with van der Waals surface area (Å²) in [5, 5.41) is 20.0. The number of hydrogen-bond donors (Lipinski definition) is 3. The summed E-state index contributed by atoms with van der Waals surface area (Å²) in [7, 11) is 1.00. The van der Waals surface area contributed by atoms with Crippen LogP contribution in [-0.2, 0) is 0 Å². The predicted molar refractivity (Wildman–Crippen MR) is 67.3 cm³/mol. The highest BCUT2D eigenvalue weighted by Crippen LogP contribution is 2.10. The fourth-order valence-corrected chi connectivity index (χ4v) is 1.33. The third-order valence-electron chi connectivity index (χ3n) is 2.23. The molecule has 0 saturated heterocycles. The van der Waals surface area contributed by atoms with Crippen LogP contribution < -0.4 is 5.32 Å². The number of hydrogen-bond acceptors (Lipinski definition) is 3. The van der Waals surface area contributed by atoms with Crippen LogP contribution in [0.25, 0.3) is 0 Å². The molecule has 0 bridgehead atoms. The number of nitrogens with one attached hydrogen (secondary N) is 1. The molecule has 0 radical (unpaired) electrons. The largest absolute Gasteiger partial charge is 0.400 e. The first-order chi connectivity index (χ1) is 7.84. The monoisotopic (exact) mass is 225 g/mol. The standard InChI is InChI=1S/C12H19NO.CH4O/c1-2-3-9-13-10-12(14)11-7-5-4-6-8-11;1-2/h4-8,12-14H,2-3,9-10H2,1H3;2H,1H3. The van der Waals surface area contributed by atoms with Crippen molar-refractivity contribution in [1.29, 1.82) is 0 Å². The highest BCUT2D eigenvalue weighted by molar-refractivity contribution is 5.17. The zero-order chi connectivity index (χ0) is 12.2. The van der Waals surface area contributed by atoms with Crippen molar-refractivity contribution >= 4 is 0 Å². The van der Waals surface area contributed by atoms with Crippen molar-refractivity contribution < 1.29 is 10.2 Å². The van der Waals surface area contributed by atoms with Crippen LogP contribution in [0.3, 0.4) is 0 Å². The van der Waals surface area contributed by atoms with E-state index in [0.717, 1.165) is 19.2 Å². The zero-order valence-electron chi connectivity index (χ0n) is 10.2. The maximum absolute atomic E-state index is 9.76. The highest BCUT2D eigenvalue weighted by atomic mass is 16.3. The van der Waals surface area contributed by atoms with Gasteiger partial charge in [0.1, 0.15) is 0 Å². The second-order valence-corrected chi connectivity index (χ2v) is 3.48. The van der Waals surface area contributed by atoms with E-state index in [1.165, 1.54) is 12.8 Å². The van der Waals surface area contributed by atoms with Crippen LogP contribution in [0.15, 0.2) is 30.3 Å². The molecular weight excluding hydrogens is 202 g/mol. The minimum atomic E-state index is -0.381. The quantitative estimate of drug-likeness (QED) is 0.646. The van der Waals surface area contributed by atoms with E-state index < -0.39 is 0 Å². The maximum Gasteiger partial charge on any atom is 0.0914 e. The van der Waals surface area contributed by atoms with Crippen LogP contribution in [0.1, 0.15) is 31.4 Å². The van der Waals surface area contributed by atoms with Gasteiger partial charge in [-0.3, -0.25) is 0 Å². The molecule has 0 aliphatic rings. The maximum atomic E-state index is 9.76. The molecule has 3 nitrogen and oxygen atoms in total. The fourth-order valence-electron chi connectivity index (χ4n) is 1.33. The molecule has 0 saturated carbocycles. The van der Waals surface area contributed by atoms with Crippen molar-refractivity contribution in [1.82, 2.24) is 5.32 Å². The van der Waals surface area contributed by atoms with E-state index in [-0.39, 0.29) is 6.10 Å². The summed E-state index contributed by atoms with van der Waals surface area (Å²) in [5.74, 6) is 0. The van der Waals surface area contributed by atoms with Crippen molar-refractivity contribution in [2.75, 3.05) is 20.2 Å². The first kappa shape index (κ1) is 15.1. The van der Waals surface area contributed by atoms with Gasteiger partial charge in [0.15, 0.2) is 0 Å². The zero-order valence-corrected chi connectivity index (χ0v) is 10.2. The molecule has 0 spiro atoms. The molecule has 1 unspecified atom stereocenters. The van der Waals surface area contributed by atoms with Crippen LogP contribution in [0.5, 0.6) is 0 Å². The number of benzene rings is 1. The molecule has 1 aromatic rings. The van der Waals surface area contributed by atoms with E-state index in [0.29, 0.717) is 6.54 Å². The molecule has 1 atom stereocenters. The minimum absolute atomic E-state index is 0.381. The fraction of sp³-hybridized carbons (Fsp3) is 0.538. The predicted octanol–water partition coefficient (Wildman–Crippen LogP) is 1.72. The third kappa shape index (κ3) is 6.56. The Hall–Kier alpha value is -0.900. The van der Waals surface area contributed by atoms with Crippen molar-refractivity contribution in [2.24, 2.45) is 0 Å². The number of rotatable bonds is 6. The lowest BCUT2D eigenvalue weighted by Gasteiger charge is -2.11. The average Bonchev–Trinajstić information content (AvgIpc) is 2.38. The minimum Gasteiger partial charge on any atom is -0.400 e. The molecule has 3 heteroatoms. The topological polar surface area (TPSA) is 52.5 Å². The normalized spacial score (nSPS) is 11.5. The molecule has 1 aromatic carbocycles. The summed E-state index contributed by atoms with van der Waals surface area (Å²) in [5.41, 5.74) is 0.983. The average molecular weight is 225 g/mol. The van der Waals surface area contributed by atoms with E-state index in [1.54, 1.807) is 0 Å². The van der Waals surface area contributed by atoms with Gasteiger partial charge in [-0.15, -0.1) is 0 Å². The SMILES string of the molecule is CCCCNCC(O)c1ccccc1.CO. The second-order valence-electron chi connectivity index (χ2n) is 3.48. The van der Waals surface area contributed by atoms with Gasteiger partial charge in [-0.2, -0.15) is 0 Å². The van der Waals surface area contributed by atoms with E-state index >= 15 is 0 Å². The third-order valence-corrected chi connectivity index (χ3v) is 2.23. The Balaban J connectivity index is 0.00000106. The Morgan fingerprint density at radius 1 is 1.19 bits per heavy atom. The van der Waals surface area contributed by atoms with Gasteiger partial charge in [0, 0.05) is 13.7 Å². The Morgan fingerprint density at radius 3 is 2.38 bits per heavy atom. The van der Waals surface area contributed by atoms with Gasteiger partial charge in [0.2, 0.25) is 0 Å². The van der Waals surface area contributed by atoms with Crippen molar-refractivity contribution in [2.45, 2.75) is 25.9 Å². The molecule has 16 heavy (non-hydrogen) atoms. The number of aliphatic hydroxyl groups is 2. The van der Waals surface area contributed by atoms with E-state index in [9.17, 15) is 5.11 Å². The smallest absolute Gasteiger partial charge is 0.0914 e. The second kappa shape index (κ2) is 10.6. The van der Waals surface area contributed by atoms with Crippen LogP contribution in [0.4, 0.5) is 0 Å². The van der Waals surface area contributed by atoms with Gasteiger partial charge < -0.3 is 15.5 Å². The molecule has 0 aliphatic heterocycles. The van der Waals surface area contributed by atoms with Crippen molar-refractivity contribution in [3.63, 3.8) is 0 Å². The Morgan fingerprint density at radius 2 is 1.81 bits per heavy atom. The Labute approximate surface area is 98.1 Å². The number of unbranched alkanes of at least 4 members (excludes halogenated alkanes) is 1. The summed E-state index contributed by atoms with van der Waals surface area (Å²) in [6.07, 6.45) is 1.98. The molecular formula is C13H23NO2. The molecule has 0 aromatic heterocycles. The Kier molecular flexibility index (Phi) is 10.0. The van der Waals surface area contributed by atoms with Crippen LogP contribution in [0.2, 0.25) is 0 Å². The molecule has 3 N–H and O–H groups in total. The summed E-state index contributed by atoms with van der Waals surface area (Å²) in [4.78, 5) is 0. The summed E-state index contributed by atoms with van der Waals surface area (Å²) < 4.78 is 0. The van der Waals surface area contributed by atoms with Crippen molar-refractivity contribution in [3.8, 4) is 0 Å². The van der Waals surface area contributed by atoms with Gasteiger partial charge in [-0.05, 0) is 18.5 Å². The van der Waals surface area contributed by atoms with Gasteiger partial charge in [-0.1, -0.05) is 43.7 Å². The van der Waals surface area contributed by atoms with Gasteiger partial charge in [-0.25, -0.2) is 0 Å². The van der Waals surface area contributed by atoms with Crippen LogP contribution in [-0.4, -0.2) is 30.4 Å². The highest BCUT2D eigenvalue weighted by Gasteiger charge is 2.04. The lowest BCUT2D eigenvalue weighted by molar-refractivity contribution is 0.175. The van der Waals surface area contributed by atoms with Gasteiger partial charge in [0.25, 0.3) is 0 Å². The first-order valence-corrected chi connectivity index (χ1v) is 5.73. The molecule has 0 amide bonds. The van der Waals surface area contributed by atoms with E-state index in [1.807, 2.05) is 30.3 Å². The summed E-state index contributed by atoms with van der Waals surface area (Å²) in [6, 6.07) is 9.76. The van der Waals surface area contributed by atoms with E-state index in [2.05, 4.69) is 12.2 Å². The summed E-state index contributed by atoms with van der Waals surface area (Å²) >= 11 is 0. The lowest BCUT2D eigenvalue weighted by atomic mass is 10.1. The molecule has 92 valence electrons. The Bertz CT molecular complexity index is 239. The first-order valence-electron chi connectivity index (χ1n) is 5.73. The molecule has 0 fully saturated rings. The lowest BCUT2D eigenvalue weighted by Crippen LogP contribution is -2.22. The van der Waals surface area contributed by atoms with Crippen LogP contribution in [0, 0.1) is 0 Å². The molecule has 0 aliphatic carbocycles. The van der Waals surface area contributed by atoms with E-state index in [4.69, 9.17) is 5.11 Å². The van der Waals surface area contributed by atoms with Gasteiger partial charge >= 0.3 is 0 Å². The molecule has 1 rings (SSSR count). The van der Waals surface area contributed by atoms with Gasteiger partial charge in [0.05, 0.1) is 6.10 Å². The van der Waals surface area contributed by atoms with Crippen LogP contribution >= 0.6 is 0 Å². The van der Waals surface area contributed by atoms with Crippen molar-refractivity contribution in [3.05, 3.63) is 35.9 Å². The molecule has 0 heterocycles.